The van der Waals surface area contributed by atoms with E-state index in [9.17, 15) is 17.6 Å². The van der Waals surface area contributed by atoms with Crippen LogP contribution in [-0.4, -0.2) is 64.1 Å². The SMILES string of the molecule is N#Cc1cc(S(=O)(=O)N2C3CCC2CN(C(=O)c2cnn[nH]2)C3)ccc1F. The maximum absolute atomic E-state index is 13.6. The van der Waals surface area contributed by atoms with Crippen molar-refractivity contribution in [1.82, 2.24) is 24.6 Å². The summed E-state index contributed by atoms with van der Waals surface area (Å²) in [6, 6.07) is 4.12. The molecule has 11 heteroatoms. The van der Waals surface area contributed by atoms with Gasteiger partial charge in [0.15, 0.2) is 0 Å². The van der Waals surface area contributed by atoms with Crippen LogP contribution in [0.15, 0.2) is 29.3 Å². The molecule has 2 unspecified atom stereocenters. The van der Waals surface area contributed by atoms with Gasteiger partial charge in [0.25, 0.3) is 5.91 Å². The minimum absolute atomic E-state index is 0.116. The number of halogens is 1. The van der Waals surface area contributed by atoms with Crippen molar-refractivity contribution in [3.63, 3.8) is 0 Å². The normalized spacial score (nSPS) is 22.6. The van der Waals surface area contributed by atoms with Crippen LogP contribution in [0.4, 0.5) is 4.39 Å². The molecule has 0 saturated carbocycles. The zero-order chi connectivity index (χ0) is 19.2. The van der Waals surface area contributed by atoms with Crippen LogP contribution in [-0.2, 0) is 10.0 Å². The van der Waals surface area contributed by atoms with Crippen LogP contribution in [0.1, 0.15) is 28.9 Å². The number of hydrogen-bond acceptors (Lipinski definition) is 6. The van der Waals surface area contributed by atoms with Crippen LogP contribution in [0.25, 0.3) is 0 Å². The Morgan fingerprint density at radius 1 is 1.30 bits per heavy atom. The lowest BCUT2D eigenvalue weighted by Gasteiger charge is -2.39. The van der Waals surface area contributed by atoms with Gasteiger partial charge in [0.2, 0.25) is 10.0 Å². The molecule has 3 heterocycles. The molecule has 27 heavy (non-hydrogen) atoms. The quantitative estimate of drug-likeness (QED) is 0.814. The van der Waals surface area contributed by atoms with E-state index in [-0.39, 0.29) is 47.2 Å². The van der Waals surface area contributed by atoms with Crippen molar-refractivity contribution >= 4 is 15.9 Å². The highest BCUT2D eigenvalue weighted by Gasteiger charge is 2.48. The molecule has 0 aliphatic carbocycles. The van der Waals surface area contributed by atoms with Crippen molar-refractivity contribution in [3.05, 3.63) is 41.5 Å². The molecule has 4 rings (SSSR count). The van der Waals surface area contributed by atoms with E-state index in [0.29, 0.717) is 12.8 Å². The van der Waals surface area contributed by atoms with Gasteiger partial charge in [0.05, 0.1) is 16.7 Å². The number of rotatable bonds is 3. The van der Waals surface area contributed by atoms with Gasteiger partial charge in [-0.2, -0.15) is 9.57 Å². The second-order valence-electron chi connectivity index (χ2n) is 6.55. The van der Waals surface area contributed by atoms with Gasteiger partial charge >= 0.3 is 0 Å². The predicted molar refractivity (Wildman–Crippen MR) is 89.2 cm³/mol. The van der Waals surface area contributed by atoms with E-state index in [2.05, 4.69) is 15.4 Å². The van der Waals surface area contributed by atoms with Crippen LogP contribution in [0.3, 0.4) is 0 Å². The van der Waals surface area contributed by atoms with Crippen LogP contribution >= 0.6 is 0 Å². The number of carbonyl (C=O) groups is 1. The van der Waals surface area contributed by atoms with Crippen molar-refractivity contribution in [3.8, 4) is 6.07 Å². The third-order valence-corrected chi connectivity index (χ3v) is 6.98. The Hall–Kier alpha value is -2.84. The summed E-state index contributed by atoms with van der Waals surface area (Å²) in [4.78, 5) is 14.0. The Kier molecular flexibility index (Phi) is 4.16. The fraction of sp³-hybridized carbons (Fsp3) is 0.375. The molecule has 0 spiro atoms. The topological polar surface area (TPSA) is 123 Å². The molecule has 2 fully saturated rings. The van der Waals surface area contributed by atoms with Crippen molar-refractivity contribution < 1.29 is 17.6 Å². The van der Waals surface area contributed by atoms with E-state index in [1.165, 1.54) is 16.6 Å². The van der Waals surface area contributed by atoms with Crippen molar-refractivity contribution in [1.29, 1.82) is 5.26 Å². The molecule has 2 aromatic rings. The summed E-state index contributed by atoms with van der Waals surface area (Å²) >= 11 is 0. The van der Waals surface area contributed by atoms with Crippen LogP contribution in [0.5, 0.6) is 0 Å². The highest BCUT2D eigenvalue weighted by atomic mass is 32.2. The number of aromatic nitrogens is 3. The molecule has 1 amide bonds. The molecule has 2 atom stereocenters. The number of aromatic amines is 1. The van der Waals surface area contributed by atoms with Gasteiger partial charge in [0, 0.05) is 25.2 Å². The van der Waals surface area contributed by atoms with Gasteiger partial charge in [-0.05, 0) is 31.0 Å². The molecule has 140 valence electrons. The van der Waals surface area contributed by atoms with E-state index in [4.69, 9.17) is 5.26 Å². The van der Waals surface area contributed by atoms with E-state index < -0.39 is 15.8 Å². The molecule has 9 nitrogen and oxygen atoms in total. The van der Waals surface area contributed by atoms with E-state index >= 15 is 0 Å². The molecule has 2 aliphatic rings. The van der Waals surface area contributed by atoms with Crippen LogP contribution < -0.4 is 0 Å². The summed E-state index contributed by atoms with van der Waals surface area (Å²) in [5.41, 5.74) is -0.0631. The Balaban J connectivity index is 1.61. The summed E-state index contributed by atoms with van der Waals surface area (Å²) < 4.78 is 41.1. The number of nitrogens with one attached hydrogen (secondary N) is 1. The summed E-state index contributed by atoms with van der Waals surface area (Å²) in [7, 11) is -3.91. The van der Waals surface area contributed by atoms with Gasteiger partial charge < -0.3 is 4.90 Å². The van der Waals surface area contributed by atoms with Gasteiger partial charge in [0.1, 0.15) is 17.6 Å². The lowest BCUT2D eigenvalue weighted by Crippen LogP contribution is -2.57. The second kappa shape index (κ2) is 6.40. The first-order valence-electron chi connectivity index (χ1n) is 8.30. The standard InChI is InChI=1S/C16H15FN6O3S/c17-14-4-3-13(5-10(14)6-18)27(25,26)23-11-1-2-12(23)9-22(8-11)16(24)15-7-19-21-20-15/h3-5,7,11-12H,1-2,8-9H2,(H,19,20,21). The number of H-pyrrole nitrogens is 1. The highest BCUT2D eigenvalue weighted by molar-refractivity contribution is 7.89. The Morgan fingerprint density at radius 3 is 2.59 bits per heavy atom. The number of likely N-dealkylation sites (tertiary alicyclic amines) is 1. The molecule has 2 saturated heterocycles. The average Bonchev–Trinajstić information content (AvgIpc) is 3.28. The fourth-order valence-corrected chi connectivity index (χ4v) is 5.65. The summed E-state index contributed by atoms with van der Waals surface area (Å²) in [6.45, 7) is 0.500. The molecule has 1 N–H and O–H groups in total. The zero-order valence-corrected chi connectivity index (χ0v) is 14.9. The summed E-state index contributed by atoms with van der Waals surface area (Å²) in [5.74, 6) is -1.04. The number of nitrogens with zero attached hydrogens (tertiary/aromatic N) is 5. The number of nitriles is 1. The monoisotopic (exact) mass is 390 g/mol. The molecule has 1 aromatic carbocycles. The van der Waals surface area contributed by atoms with Crippen molar-refractivity contribution in [2.45, 2.75) is 29.8 Å². The van der Waals surface area contributed by atoms with Crippen LogP contribution in [0, 0.1) is 17.1 Å². The van der Waals surface area contributed by atoms with Gasteiger partial charge in [-0.1, -0.05) is 5.21 Å². The van der Waals surface area contributed by atoms with Crippen LogP contribution in [0.2, 0.25) is 0 Å². The first-order valence-corrected chi connectivity index (χ1v) is 9.74. The van der Waals surface area contributed by atoms with Gasteiger partial charge in [-0.3, -0.25) is 9.89 Å². The third kappa shape index (κ3) is 2.87. The zero-order valence-electron chi connectivity index (χ0n) is 14.0. The van der Waals surface area contributed by atoms with E-state index in [1.807, 2.05) is 0 Å². The Bertz CT molecular complexity index is 1020. The number of sulfonamides is 1. The molecule has 2 aliphatic heterocycles. The molecule has 1 aromatic heterocycles. The second-order valence-corrected chi connectivity index (χ2v) is 8.40. The Morgan fingerprint density at radius 2 is 2.00 bits per heavy atom. The van der Waals surface area contributed by atoms with Gasteiger partial charge in [-0.15, -0.1) is 5.10 Å². The lowest BCUT2D eigenvalue weighted by molar-refractivity contribution is 0.0609. The number of carbonyl (C=O) groups excluding carboxylic acids is 1. The maximum Gasteiger partial charge on any atom is 0.273 e. The smallest absolute Gasteiger partial charge is 0.273 e. The van der Waals surface area contributed by atoms with Crippen molar-refractivity contribution in [2.24, 2.45) is 0 Å². The predicted octanol–water partition coefficient (Wildman–Crippen LogP) is 0.493. The molecular formula is C16H15FN6O3S. The fourth-order valence-electron chi connectivity index (χ4n) is 3.77. The van der Waals surface area contributed by atoms with Gasteiger partial charge in [-0.25, -0.2) is 12.8 Å². The molecular weight excluding hydrogens is 375 g/mol. The van der Waals surface area contributed by atoms with E-state index in [1.54, 1.807) is 11.0 Å². The first-order chi connectivity index (χ1) is 12.9. The maximum atomic E-state index is 13.6. The lowest BCUT2D eigenvalue weighted by atomic mass is 10.2. The Labute approximate surface area is 154 Å². The third-order valence-electron chi connectivity index (χ3n) is 4.98. The first kappa shape index (κ1) is 17.6. The van der Waals surface area contributed by atoms with E-state index in [0.717, 1.165) is 12.1 Å². The molecule has 2 bridgehead atoms. The number of fused-ring (bicyclic) bond motifs is 2. The number of piperazine rings is 1. The number of hydrogen-bond donors (Lipinski definition) is 1. The largest absolute Gasteiger partial charge is 0.334 e. The minimum Gasteiger partial charge on any atom is -0.334 e. The average molecular weight is 390 g/mol. The highest BCUT2D eigenvalue weighted by Crippen LogP contribution is 2.36. The number of amides is 1. The summed E-state index contributed by atoms with van der Waals surface area (Å²) in [6.07, 6.45) is 2.58. The van der Waals surface area contributed by atoms with Crippen molar-refractivity contribution in [2.75, 3.05) is 13.1 Å². The number of benzene rings is 1. The molecule has 0 radical (unpaired) electrons. The minimum atomic E-state index is -3.91. The summed E-state index contributed by atoms with van der Waals surface area (Å²) in [5, 5.41) is 18.6.